The van der Waals surface area contributed by atoms with E-state index in [2.05, 4.69) is 10.4 Å². The minimum atomic E-state index is -0.828. The molecule has 1 N–H and O–H groups in total. The summed E-state index contributed by atoms with van der Waals surface area (Å²) >= 11 is 0. The van der Waals surface area contributed by atoms with Gasteiger partial charge in [0, 0.05) is 12.4 Å². The number of aromatic nitrogens is 2. The van der Waals surface area contributed by atoms with E-state index in [0.717, 1.165) is 11.3 Å². The van der Waals surface area contributed by atoms with Crippen LogP contribution in [0.25, 0.3) is 5.69 Å². The molecule has 7 heteroatoms. The molecule has 1 aromatic carbocycles. The predicted octanol–water partition coefficient (Wildman–Crippen LogP) is 3.85. The van der Waals surface area contributed by atoms with Gasteiger partial charge in [0.1, 0.15) is 18.2 Å². The van der Waals surface area contributed by atoms with Gasteiger partial charge in [-0.15, -0.1) is 0 Å². The number of hydrogen-bond acceptors (Lipinski definition) is 5. The first-order valence-electron chi connectivity index (χ1n) is 9.21. The van der Waals surface area contributed by atoms with Gasteiger partial charge in [-0.3, -0.25) is 0 Å². The van der Waals surface area contributed by atoms with Gasteiger partial charge in [0.15, 0.2) is 0 Å². The molecule has 7 nitrogen and oxygen atoms in total. The Hall–Kier alpha value is -2.83. The number of carbonyl (C=O) groups is 2. The summed E-state index contributed by atoms with van der Waals surface area (Å²) in [5.74, 6) is -0.505. The summed E-state index contributed by atoms with van der Waals surface area (Å²) in [6.07, 6.45) is 2.92. The van der Waals surface area contributed by atoms with Crippen molar-refractivity contribution in [1.29, 1.82) is 0 Å². The van der Waals surface area contributed by atoms with E-state index >= 15 is 0 Å². The Morgan fingerprint density at radius 1 is 1.11 bits per heavy atom. The van der Waals surface area contributed by atoms with E-state index in [4.69, 9.17) is 9.47 Å². The third kappa shape index (κ3) is 6.40. The molecular weight excluding hydrogens is 358 g/mol. The van der Waals surface area contributed by atoms with Crippen molar-refractivity contribution in [1.82, 2.24) is 15.1 Å². The minimum Gasteiger partial charge on any atom is -0.459 e. The lowest BCUT2D eigenvalue weighted by Gasteiger charge is -2.30. The summed E-state index contributed by atoms with van der Waals surface area (Å²) in [6, 6.07) is 8.56. The van der Waals surface area contributed by atoms with Crippen LogP contribution >= 0.6 is 0 Å². The Labute approximate surface area is 166 Å². The Bertz CT molecular complexity index is 785. The van der Waals surface area contributed by atoms with Crippen molar-refractivity contribution in [3.05, 3.63) is 48.3 Å². The highest BCUT2D eigenvalue weighted by Crippen LogP contribution is 2.22. The Kier molecular flexibility index (Phi) is 6.48. The summed E-state index contributed by atoms with van der Waals surface area (Å²) in [5, 5.41) is 6.80. The SMILES string of the molecule is CC(C)(C)OC(=O)N[C@H](C(=O)OCc1ccc(-n2cccn2)cc1)C(C)(C)C. The summed E-state index contributed by atoms with van der Waals surface area (Å²) in [6.45, 7) is 11.0. The molecule has 0 saturated heterocycles. The van der Waals surface area contributed by atoms with Crippen LogP contribution in [-0.4, -0.2) is 33.5 Å². The van der Waals surface area contributed by atoms with Crippen LogP contribution in [0.3, 0.4) is 0 Å². The Morgan fingerprint density at radius 2 is 1.75 bits per heavy atom. The molecule has 0 bridgehead atoms. The van der Waals surface area contributed by atoms with Crippen LogP contribution in [-0.2, 0) is 20.9 Å². The molecule has 0 aliphatic heterocycles. The molecule has 0 radical (unpaired) electrons. The summed E-state index contributed by atoms with van der Waals surface area (Å²) < 4.78 is 12.5. The van der Waals surface area contributed by atoms with Crippen LogP contribution in [0, 0.1) is 5.41 Å². The molecule has 152 valence electrons. The van der Waals surface area contributed by atoms with Crippen LogP contribution < -0.4 is 5.32 Å². The standard InChI is InChI=1S/C21H29N3O4/c1-20(2,3)17(23-19(26)28-21(4,5)6)18(25)27-14-15-8-10-16(11-9-15)24-13-7-12-22-24/h7-13,17H,14H2,1-6H3,(H,23,26)/t17-/m1/s1. The number of nitrogens with one attached hydrogen (secondary N) is 1. The second-order valence-electron chi connectivity index (χ2n) is 8.67. The molecule has 0 saturated carbocycles. The van der Waals surface area contributed by atoms with Crippen molar-refractivity contribution in [2.45, 2.75) is 59.8 Å². The van der Waals surface area contributed by atoms with E-state index in [0.29, 0.717) is 0 Å². The molecule has 1 heterocycles. The van der Waals surface area contributed by atoms with Crippen molar-refractivity contribution in [3.8, 4) is 5.69 Å². The average Bonchev–Trinajstić information content (AvgIpc) is 3.10. The zero-order chi connectivity index (χ0) is 20.9. The highest BCUT2D eigenvalue weighted by atomic mass is 16.6. The normalized spacial score (nSPS) is 12.9. The molecule has 0 unspecified atom stereocenters. The van der Waals surface area contributed by atoms with Crippen molar-refractivity contribution in [3.63, 3.8) is 0 Å². The molecular formula is C21H29N3O4. The third-order valence-corrected chi connectivity index (χ3v) is 3.85. The predicted molar refractivity (Wildman–Crippen MR) is 106 cm³/mol. The number of benzene rings is 1. The van der Waals surface area contributed by atoms with Crippen LogP contribution in [0.4, 0.5) is 4.79 Å². The first kappa shape index (κ1) is 21.5. The number of rotatable bonds is 5. The van der Waals surface area contributed by atoms with Gasteiger partial charge in [-0.2, -0.15) is 5.10 Å². The van der Waals surface area contributed by atoms with Gasteiger partial charge in [-0.05, 0) is 49.9 Å². The number of hydrogen-bond donors (Lipinski definition) is 1. The lowest BCUT2D eigenvalue weighted by molar-refractivity contribution is -0.150. The fraction of sp³-hybridized carbons (Fsp3) is 0.476. The molecule has 0 fully saturated rings. The smallest absolute Gasteiger partial charge is 0.408 e. The first-order chi connectivity index (χ1) is 13.0. The van der Waals surface area contributed by atoms with Gasteiger partial charge in [-0.25, -0.2) is 14.3 Å². The maximum absolute atomic E-state index is 12.6. The second kappa shape index (κ2) is 8.46. The summed E-state index contributed by atoms with van der Waals surface area (Å²) in [4.78, 5) is 24.7. The number of esters is 1. The van der Waals surface area contributed by atoms with Crippen LogP contribution in [0.5, 0.6) is 0 Å². The van der Waals surface area contributed by atoms with Crippen molar-refractivity contribution in [2.75, 3.05) is 0 Å². The average molecular weight is 387 g/mol. The van der Waals surface area contributed by atoms with Gasteiger partial charge >= 0.3 is 12.1 Å². The topological polar surface area (TPSA) is 82.5 Å². The largest absolute Gasteiger partial charge is 0.459 e. The molecule has 1 atom stereocenters. The second-order valence-corrected chi connectivity index (χ2v) is 8.67. The van der Waals surface area contributed by atoms with E-state index in [1.54, 1.807) is 31.6 Å². The van der Waals surface area contributed by atoms with E-state index in [1.165, 1.54) is 0 Å². The Balaban J connectivity index is 1.98. The maximum Gasteiger partial charge on any atom is 0.408 e. The van der Waals surface area contributed by atoms with Crippen LogP contribution in [0.1, 0.15) is 47.1 Å². The molecule has 1 aromatic heterocycles. The first-order valence-corrected chi connectivity index (χ1v) is 9.21. The fourth-order valence-electron chi connectivity index (χ4n) is 2.46. The summed E-state index contributed by atoms with van der Waals surface area (Å²) in [7, 11) is 0. The van der Waals surface area contributed by atoms with E-state index in [1.807, 2.05) is 57.3 Å². The highest BCUT2D eigenvalue weighted by Gasteiger charge is 2.35. The van der Waals surface area contributed by atoms with Crippen molar-refractivity contribution < 1.29 is 19.1 Å². The summed E-state index contributed by atoms with van der Waals surface area (Å²) in [5.41, 5.74) is 0.582. The van der Waals surface area contributed by atoms with Gasteiger partial charge in [0.2, 0.25) is 0 Å². The van der Waals surface area contributed by atoms with Gasteiger partial charge in [-0.1, -0.05) is 32.9 Å². The molecule has 0 aliphatic rings. The lowest BCUT2D eigenvalue weighted by Crippen LogP contribution is -2.51. The number of carbonyl (C=O) groups excluding carboxylic acids is 2. The van der Waals surface area contributed by atoms with Gasteiger partial charge in [0.25, 0.3) is 0 Å². The van der Waals surface area contributed by atoms with Gasteiger partial charge < -0.3 is 14.8 Å². The van der Waals surface area contributed by atoms with Crippen LogP contribution in [0.2, 0.25) is 0 Å². The molecule has 1 amide bonds. The van der Waals surface area contributed by atoms with E-state index in [-0.39, 0.29) is 6.61 Å². The molecule has 0 aliphatic carbocycles. The third-order valence-electron chi connectivity index (χ3n) is 3.85. The van der Waals surface area contributed by atoms with E-state index < -0.39 is 29.1 Å². The maximum atomic E-state index is 12.6. The molecule has 2 aromatic rings. The molecule has 28 heavy (non-hydrogen) atoms. The zero-order valence-electron chi connectivity index (χ0n) is 17.4. The van der Waals surface area contributed by atoms with Gasteiger partial charge in [0.05, 0.1) is 5.69 Å². The number of nitrogens with zero attached hydrogens (tertiary/aromatic N) is 2. The zero-order valence-corrected chi connectivity index (χ0v) is 17.4. The molecule has 2 rings (SSSR count). The number of ether oxygens (including phenoxy) is 2. The van der Waals surface area contributed by atoms with Crippen molar-refractivity contribution >= 4 is 12.1 Å². The highest BCUT2D eigenvalue weighted by molar-refractivity contribution is 5.82. The van der Waals surface area contributed by atoms with Crippen LogP contribution in [0.15, 0.2) is 42.7 Å². The fourth-order valence-corrected chi connectivity index (χ4v) is 2.46. The van der Waals surface area contributed by atoms with Crippen molar-refractivity contribution in [2.24, 2.45) is 5.41 Å². The quantitative estimate of drug-likeness (QED) is 0.788. The molecule has 0 spiro atoms. The number of alkyl carbamates (subject to hydrolysis) is 1. The van der Waals surface area contributed by atoms with E-state index in [9.17, 15) is 9.59 Å². The lowest BCUT2D eigenvalue weighted by atomic mass is 9.87. The monoisotopic (exact) mass is 387 g/mol. The minimum absolute atomic E-state index is 0.112. The Morgan fingerprint density at radius 3 is 2.25 bits per heavy atom. The number of amides is 1.